The smallest absolute Gasteiger partial charge is 0.286 e. The van der Waals surface area contributed by atoms with Crippen LogP contribution in [0.4, 0.5) is 11.4 Å². The van der Waals surface area contributed by atoms with Crippen molar-refractivity contribution in [2.24, 2.45) is 5.73 Å². The molecule has 0 unspecified atom stereocenters. The molecule has 1 aromatic heterocycles. The van der Waals surface area contributed by atoms with Crippen LogP contribution in [0.2, 0.25) is 0 Å². The summed E-state index contributed by atoms with van der Waals surface area (Å²) in [6.07, 6.45) is 0. The molecule has 0 saturated heterocycles. The number of anilines is 1. The Balaban J connectivity index is 2.06. The summed E-state index contributed by atoms with van der Waals surface area (Å²) in [5.41, 5.74) is 6.31. The molecule has 0 atom stereocenters. The third kappa shape index (κ3) is 2.92. The van der Waals surface area contributed by atoms with Gasteiger partial charge >= 0.3 is 0 Å². The van der Waals surface area contributed by atoms with Crippen molar-refractivity contribution in [2.75, 3.05) is 5.32 Å². The van der Waals surface area contributed by atoms with Crippen LogP contribution in [0.15, 0.2) is 46.9 Å². The number of nitrogens with one attached hydrogen (secondary N) is 1. The van der Waals surface area contributed by atoms with Crippen LogP contribution >= 0.6 is 0 Å². The summed E-state index contributed by atoms with van der Waals surface area (Å²) in [4.78, 5) is 34.5. The van der Waals surface area contributed by atoms with Crippen LogP contribution in [0.5, 0.6) is 0 Å². The second kappa shape index (κ2) is 6.08. The maximum atomic E-state index is 12.6. The molecular formula is C17H13N3O5. The van der Waals surface area contributed by atoms with E-state index < -0.39 is 16.7 Å². The zero-order valence-corrected chi connectivity index (χ0v) is 13.1. The number of nitrogens with two attached hydrogens (primary N) is 1. The summed E-state index contributed by atoms with van der Waals surface area (Å²) in [6.45, 7) is 1.65. The molecule has 0 aliphatic heterocycles. The number of non-ortho nitro benzene ring substituents is 1. The Morgan fingerprint density at radius 2 is 1.92 bits per heavy atom. The SMILES string of the molecule is Cc1ccc([N+](=O)[O-])cc1C(=O)Nc1c(C(N)=O)oc2ccccc12. The first-order valence-electron chi connectivity index (χ1n) is 7.26. The van der Waals surface area contributed by atoms with Crippen molar-refractivity contribution < 1.29 is 18.9 Å². The molecule has 0 bridgehead atoms. The number of para-hydroxylation sites is 1. The summed E-state index contributed by atoms with van der Waals surface area (Å²) in [7, 11) is 0. The van der Waals surface area contributed by atoms with Crippen LogP contribution in [0, 0.1) is 17.0 Å². The fraction of sp³-hybridized carbons (Fsp3) is 0.0588. The number of rotatable bonds is 4. The van der Waals surface area contributed by atoms with Gasteiger partial charge in [-0.3, -0.25) is 19.7 Å². The van der Waals surface area contributed by atoms with Gasteiger partial charge in [-0.25, -0.2) is 0 Å². The van der Waals surface area contributed by atoms with Gasteiger partial charge in [-0.05, 0) is 24.6 Å². The van der Waals surface area contributed by atoms with Gasteiger partial charge in [0, 0.05) is 23.1 Å². The molecule has 0 aliphatic carbocycles. The van der Waals surface area contributed by atoms with Gasteiger partial charge in [0.1, 0.15) is 11.3 Å². The maximum absolute atomic E-state index is 12.6. The lowest BCUT2D eigenvalue weighted by Crippen LogP contribution is -2.18. The number of fused-ring (bicyclic) bond motifs is 1. The second-order valence-corrected chi connectivity index (χ2v) is 5.38. The number of aryl methyl sites for hydroxylation is 1. The van der Waals surface area contributed by atoms with E-state index in [-0.39, 0.29) is 22.7 Å². The molecule has 0 spiro atoms. The van der Waals surface area contributed by atoms with E-state index in [1.54, 1.807) is 31.2 Å². The highest BCUT2D eigenvalue weighted by Crippen LogP contribution is 2.31. The van der Waals surface area contributed by atoms with Crippen LogP contribution in [0.1, 0.15) is 26.5 Å². The molecule has 25 heavy (non-hydrogen) atoms. The minimum atomic E-state index is -0.831. The van der Waals surface area contributed by atoms with Crippen molar-refractivity contribution in [1.82, 2.24) is 0 Å². The van der Waals surface area contributed by atoms with Crippen LogP contribution in [-0.4, -0.2) is 16.7 Å². The number of carbonyl (C=O) groups is 2. The summed E-state index contributed by atoms with van der Waals surface area (Å²) in [6, 6.07) is 10.7. The predicted molar refractivity (Wildman–Crippen MR) is 90.5 cm³/mol. The normalized spacial score (nSPS) is 10.6. The molecule has 8 heteroatoms. The minimum Gasteiger partial charge on any atom is -0.449 e. The highest BCUT2D eigenvalue weighted by molar-refractivity contribution is 6.14. The van der Waals surface area contributed by atoms with Crippen molar-refractivity contribution in [3.8, 4) is 0 Å². The lowest BCUT2D eigenvalue weighted by atomic mass is 10.1. The molecule has 0 radical (unpaired) electrons. The van der Waals surface area contributed by atoms with E-state index in [9.17, 15) is 19.7 Å². The first kappa shape index (κ1) is 16.2. The largest absolute Gasteiger partial charge is 0.449 e. The van der Waals surface area contributed by atoms with E-state index in [1.807, 2.05) is 0 Å². The fourth-order valence-electron chi connectivity index (χ4n) is 2.49. The standard InChI is InChI=1S/C17H13N3O5/c1-9-6-7-10(20(23)24)8-12(9)17(22)19-14-11-4-2-3-5-13(11)25-15(14)16(18)21/h2-8H,1H3,(H2,18,21)(H,19,22). The summed E-state index contributed by atoms with van der Waals surface area (Å²) >= 11 is 0. The zero-order valence-electron chi connectivity index (χ0n) is 13.1. The Morgan fingerprint density at radius 3 is 2.60 bits per heavy atom. The molecule has 0 aliphatic rings. The Labute approximate surface area is 141 Å². The third-order valence-corrected chi connectivity index (χ3v) is 3.73. The van der Waals surface area contributed by atoms with Gasteiger partial charge in [-0.1, -0.05) is 18.2 Å². The first-order valence-corrected chi connectivity index (χ1v) is 7.26. The Kier molecular flexibility index (Phi) is 3.94. The van der Waals surface area contributed by atoms with Gasteiger partial charge in [-0.2, -0.15) is 0 Å². The quantitative estimate of drug-likeness (QED) is 0.557. The second-order valence-electron chi connectivity index (χ2n) is 5.38. The van der Waals surface area contributed by atoms with E-state index in [4.69, 9.17) is 10.2 Å². The fourth-order valence-corrected chi connectivity index (χ4v) is 2.49. The van der Waals surface area contributed by atoms with E-state index in [1.165, 1.54) is 18.2 Å². The zero-order chi connectivity index (χ0) is 18.1. The molecule has 2 amide bonds. The van der Waals surface area contributed by atoms with E-state index in [2.05, 4.69) is 5.32 Å². The molecule has 3 rings (SSSR count). The first-order chi connectivity index (χ1) is 11.9. The number of furan rings is 1. The number of benzene rings is 2. The van der Waals surface area contributed by atoms with Gasteiger partial charge in [0.25, 0.3) is 17.5 Å². The Morgan fingerprint density at radius 1 is 1.20 bits per heavy atom. The number of nitro groups is 1. The summed E-state index contributed by atoms with van der Waals surface area (Å²) in [5.74, 6) is -1.62. The average molecular weight is 339 g/mol. The van der Waals surface area contributed by atoms with Crippen LogP contribution in [0.3, 0.4) is 0 Å². The number of primary amides is 1. The molecule has 126 valence electrons. The molecule has 1 heterocycles. The molecule has 3 aromatic rings. The summed E-state index contributed by atoms with van der Waals surface area (Å²) in [5, 5.41) is 14.0. The lowest BCUT2D eigenvalue weighted by Gasteiger charge is -2.07. The van der Waals surface area contributed by atoms with Gasteiger partial charge in [0.2, 0.25) is 5.76 Å². The number of carbonyl (C=O) groups excluding carboxylic acids is 2. The van der Waals surface area contributed by atoms with Crippen molar-refractivity contribution in [2.45, 2.75) is 6.92 Å². The lowest BCUT2D eigenvalue weighted by molar-refractivity contribution is -0.384. The van der Waals surface area contributed by atoms with Crippen LogP contribution in [0.25, 0.3) is 11.0 Å². The highest BCUT2D eigenvalue weighted by Gasteiger charge is 2.22. The number of hydrogen-bond donors (Lipinski definition) is 2. The number of amides is 2. The predicted octanol–water partition coefficient (Wildman–Crippen LogP) is 3.00. The highest BCUT2D eigenvalue weighted by atomic mass is 16.6. The average Bonchev–Trinajstić information content (AvgIpc) is 2.94. The van der Waals surface area contributed by atoms with Gasteiger partial charge in [-0.15, -0.1) is 0 Å². The van der Waals surface area contributed by atoms with E-state index >= 15 is 0 Å². The number of nitro benzene ring substituents is 1. The summed E-state index contributed by atoms with van der Waals surface area (Å²) < 4.78 is 5.39. The van der Waals surface area contributed by atoms with Crippen molar-refractivity contribution in [1.29, 1.82) is 0 Å². The van der Waals surface area contributed by atoms with Gasteiger partial charge < -0.3 is 15.5 Å². The van der Waals surface area contributed by atoms with Gasteiger partial charge in [0.05, 0.1) is 4.92 Å². The number of hydrogen-bond acceptors (Lipinski definition) is 5. The monoisotopic (exact) mass is 339 g/mol. The number of nitrogens with zero attached hydrogens (tertiary/aromatic N) is 1. The molecule has 3 N–H and O–H groups in total. The van der Waals surface area contributed by atoms with Crippen molar-refractivity contribution >= 4 is 34.2 Å². The van der Waals surface area contributed by atoms with E-state index in [0.29, 0.717) is 16.5 Å². The molecule has 2 aromatic carbocycles. The Hall–Kier alpha value is -3.68. The van der Waals surface area contributed by atoms with Crippen LogP contribution < -0.4 is 11.1 Å². The Bertz CT molecular complexity index is 1020. The molecule has 0 saturated carbocycles. The van der Waals surface area contributed by atoms with Gasteiger partial charge in [0.15, 0.2) is 0 Å². The van der Waals surface area contributed by atoms with Crippen molar-refractivity contribution in [3.05, 3.63) is 69.5 Å². The minimum absolute atomic E-state index is 0.120. The molecule has 0 fully saturated rings. The topological polar surface area (TPSA) is 128 Å². The van der Waals surface area contributed by atoms with Crippen molar-refractivity contribution in [3.63, 3.8) is 0 Å². The third-order valence-electron chi connectivity index (χ3n) is 3.73. The maximum Gasteiger partial charge on any atom is 0.286 e. The van der Waals surface area contributed by atoms with Crippen LogP contribution in [-0.2, 0) is 0 Å². The molecular weight excluding hydrogens is 326 g/mol. The molecule has 8 nitrogen and oxygen atoms in total. The van der Waals surface area contributed by atoms with E-state index in [0.717, 1.165) is 0 Å².